The highest BCUT2D eigenvalue weighted by molar-refractivity contribution is 6.06. The highest BCUT2D eigenvalue weighted by Gasteiger charge is 2.16. The maximum atomic E-state index is 12.9. The number of carbonyl (C=O) groups is 1. The molecule has 160 valence electrons. The number of carbonyl (C=O) groups excluding carboxylic acids is 1. The van der Waals surface area contributed by atoms with Crippen molar-refractivity contribution in [1.29, 1.82) is 0 Å². The van der Waals surface area contributed by atoms with Gasteiger partial charge in [-0.1, -0.05) is 6.07 Å². The number of methoxy groups -OCH3 is 2. The summed E-state index contributed by atoms with van der Waals surface area (Å²) in [5.41, 5.74) is 4.30. The molecule has 0 fully saturated rings. The van der Waals surface area contributed by atoms with Gasteiger partial charge in [-0.05, 0) is 49.7 Å². The SMILES string of the molecule is COCCn1c(C)c(C)c2cc(NC(=O)c3c[nH]c4c(OC)cccc4c3=O)ccc21. The van der Waals surface area contributed by atoms with E-state index in [-0.39, 0.29) is 11.0 Å². The summed E-state index contributed by atoms with van der Waals surface area (Å²) in [6.07, 6.45) is 1.43. The monoisotopic (exact) mass is 419 g/mol. The Morgan fingerprint density at radius 1 is 1.13 bits per heavy atom. The lowest BCUT2D eigenvalue weighted by molar-refractivity contribution is 0.102. The normalized spacial score (nSPS) is 11.2. The van der Waals surface area contributed by atoms with Crippen molar-refractivity contribution < 1.29 is 14.3 Å². The molecule has 0 saturated carbocycles. The number of nitrogens with zero attached hydrogens (tertiary/aromatic N) is 1. The summed E-state index contributed by atoms with van der Waals surface area (Å²) >= 11 is 0. The Morgan fingerprint density at radius 3 is 2.68 bits per heavy atom. The van der Waals surface area contributed by atoms with Crippen LogP contribution in [0.5, 0.6) is 5.75 Å². The number of amides is 1. The largest absolute Gasteiger partial charge is 0.495 e. The maximum absolute atomic E-state index is 12.9. The molecular weight excluding hydrogens is 394 g/mol. The zero-order valence-corrected chi connectivity index (χ0v) is 18.0. The number of rotatable bonds is 6. The van der Waals surface area contributed by atoms with Crippen LogP contribution < -0.4 is 15.5 Å². The first-order valence-corrected chi connectivity index (χ1v) is 10.0. The van der Waals surface area contributed by atoms with Crippen molar-refractivity contribution in [3.05, 3.63) is 69.6 Å². The molecule has 0 unspecified atom stereocenters. The second-order valence-electron chi connectivity index (χ2n) is 7.46. The number of aryl methyl sites for hydroxylation is 1. The van der Waals surface area contributed by atoms with Crippen molar-refractivity contribution in [2.24, 2.45) is 0 Å². The summed E-state index contributed by atoms with van der Waals surface area (Å²) in [6, 6.07) is 10.9. The van der Waals surface area contributed by atoms with Crippen LogP contribution in [0.1, 0.15) is 21.6 Å². The first-order chi connectivity index (χ1) is 15.0. The first kappa shape index (κ1) is 20.7. The van der Waals surface area contributed by atoms with Gasteiger partial charge >= 0.3 is 0 Å². The molecule has 4 aromatic rings. The van der Waals surface area contributed by atoms with Gasteiger partial charge in [-0.3, -0.25) is 9.59 Å². The molecule has 0 radical (unpaired) electrons. The van der Waals surface area contributed by atoms with E-state index in [1.54, 1.807) is 25.3 Å². The Labute approximate surface area is 179 Å². The van der Waals surface area contributed by atoms with Crippen LogP contribution >= 0.6 is 0 Å². The standard InChI is InChI=1S/C24H25N3O4/c1-14-15(2)27(10-11-30-3)20-9-8-16(12-18(14)20)26-24(29)19-13-25-22-17(23(19)28)6-5-7-21(22)31-4/h5-9,12-13H,10-11H2,1-4H3,(H,25,28)(H,26,29). The van der Waals surface area contributed by atoms with Crippen molar-refractivity contribution in [3.63, 3.8) is 0 Å². The van der Waals surface area contributed by atoms with E-state index in [0.29, 0.717) is 28.9 Å². The number of hydrogen-bond donors (Lipinski definition) is 2. The average molecular weight is 419 g/mol. The molecule has 4 rings (SSSR count). The molecule has 2 aromatic carbocycles. The van der Waals surface area contributed by atoms with Gasteiger partial charge in [-0.15, -0.1) is 0 Å². The molecule has 2 aromatic heterocycles. The number of para-hydroxylation sites is 1. The van der Waals surface area contributed by atoms with Gasteiger partial charge in [0.1, 0.15) is 11.3 Å². The smallest absolute Gasteiger partial charge is 0.261 e. The van der Waals surface area contributed by atoms with Crippen molar-refractivity contribution in [1.82, 2.24) is 9.55 Å². The van der Waals surface area contributed by atoms with Crippen LogP contribution in [0.25, 0.3) is 21.8 Å². The summed E-state index contributed by atoms with van der Waals surface area (Å²) in [5, 5.41) is 4.32. The summed E-state index contributed by atoms with van der Waals surface area (Å²) in [6.45, 7) is 5.52. The molecule has 7 heteroatoms. The van der Waals surface area contributed by atoms with Crippen LogP contribution in [0.3, 0.4) is 0 Å². The zero-order valence-electron chi connectivity index (χ0n) is 18.0. The summed E-state index contributed by atoms with van der Waals surface area (Å²) < 4.78 is 12.7. The molecule has 0 aliphatic heterocycles. The minimum atomic E-state index is -0.460. The summed E-state index contributed by atoms with van der Waals surface area (Å²) in [4.78, 5) is 28.8. The Kier molecular flexibility index (Phi) is 5.52. The Balaban J connectivity index is 1.68. The fourth-order valence-corrected chi connectivity index (χ4v) is 3.96. The molecule has 1 amide bonds. The second-order valence-corrected chi connectivity index (χ2v) is 7.46. The lowest BCUT2D eigenvalue weighted by Crippen LogP contribution is -2.22. The molecule has 2 heterocycles. The van der Waals surface area contributed by atoms with E-state index in [4.69, 9.17) is 9.47 Å². The molecule has 0 bridgehead atoms. The number of H-pyrrole nitrogens is 1. The van der Waals surface area contributed by atoms with Crippen molar-refractivity contribution in [2.75, 3.05) is 26.1 Å². The van der Waals surface area contributed by atoms with Crippen LogP contribution in [-0.4, -0.2) is 36.3 Å². The van der Waals surface area contributed by atoms with Gasteiger partial charge in [-0.25, -0.2) is 0 Å². The van der Waals surface area contributed by atoms with E-state index in [2.05, 4.69) is 28.7 Å². The van der Waals surface area contributed by atoms with Gasteiger partial charge < -0.3 is 24.3 Å². The number of nitrogens with one attached hydrogen (secondary N) is 2. The minimum Gasteiger partial charge on any atom is -0.495 e. The van der Waals surface area contributed by atoms with E-state index in [9.17, 15) is 9.59 Å². The number of ether oxygens (including phenoxy) is 2. The molecule has 0 aliphatic carbocycles. The van der Waals surface area contributed by atoms with Gasteiger partial charge in [0.2, 0.25) is 5.43 Å². The molecular formula is C24H25N3O4. The van der Waals surface area contributed by atoms with E-state index < -0.39 is 5.91 Å². The van der Waals surface area contributed by atoms with Crippen LogP contribution in [0.2, 0.25) is 0 Å². The summed E-state index contributed by atoms with van der Waals surface area (Å²) in [7, 11) is 3.22. The first-order valence-electron chi connectivity index (χ1n) is 10.0. The minimum absolute atomic E-state index is 0.0476. The van der Waals surface area contributed by atoms with Gasteiger partial charge in [-0.2, -0.15) is 0 Å². The number of aromatic amines is 1. The average Bonchev–Trinajstić information content (AvgIpc) is 3.01. The van der Waals surface area contributed by atoms with Gasteiger partial charge in [0.15, 0.2) is 0 Å². The molecule has 0 saturated heterocycles. The lowest BCUT2D eigenvalue weighted by atomic mass is 10.1. The number of anilines is 1. The predicted octanol–water partition coefficient (Wildman–Crippen LogP) is 4.01. The molecule has 0 aliphatic rings. The highest BCUT2D eigenvalue weighted by Crippen LogP contribution is 2.28. The lowest BCUT2D eigenvalue weighted by Gasteiger charge is -2.09. The predicted molar refractivity (Wildman–Crippen MR) is 122 cm³/mol. The quantitative estimate of drug-likeness (QED) is 0.495. The van der Waals surface area contributed by atoms with Crippen LogP contribution in [0.4, 0.5) is 5.69 Å². The number of pyridine rings is 1. The fraction of sp³-hybridized carbons (Fsp3) is 0.250. The maximum Gasteiger partial charge on any atom is 0.261 e. The zero-order chi connectivity index (χ0) is 22.1. The topological polar surface area (TPSA) is 85.3 Å². The molecule has 0 atom stereocenters. The molecule has 31 heavy (non-hydrogen) atoms. The number of fused-ring (bicyclic) bond motifs is 2. The van der Waals surface area contributed by atoms with E-state index in [1.165, 1.54) is 13.3 Å². The van der Waals surface area contributed by atoms with Crippen molar-refractivity contribution in [3.8, 4) is 5.75 Å². The number of hydrogen-bond acceptors (Lipinski definition) is 4. The van der Waals surface area contributed by atoms with Crippen LogP contribution in [0.15, 0.2) is 47.4 Å². The third-order valence-corrected chi connectivity index (χ3v) is 5.76. The molecule has 7 nitrogen and oxygen atoms in total. The third kappa shape index (κ3) is 3.57. The van der Waals surface area contributed by atoms with Crippen LogP contribution in [0, 0.1) is 13.8 Å². The Morgan fingerprint density at radius 2 is 1.94 bits per heavy atom. The van der Waals surface area contributed by atoms with E-state index in [0.717, 1.165) is 28.7 Å². The highest BCUT2D eigenvalue weighted by atomic mass is 16.5. The van der Waals surface area contributed by atoms with Gasteiger partial charge in [0.25, 0.3) is 5.91 Å². The number of aromatic nitrogens is 2. The summed E-state index contributed by atoms with van der Waals surface area (Å²) in [5.74, 6) is 0.0920. The Bertz CT molecular complexity index is 1350. The van der Waals surface area contributed by atoms with Gasteiger partial charge in [0, 0.05) is 42.1 Å². The van der Waals surface area contributed by atoms with Crippen molar-refractivity contribution in [2.45, 2.75) is 20.4 Å². The van der Waals surface area contributed by atoms with E-state index >= 15 is 0 Å². The molecule has 2 N–H and O–H groups in total. The Hall–Kier alpha value is -3.58. The van der Waals surface area contributed by atoms with Gasteiger partial charge in [0.05, 0.1) is 24.6 Å². The van der Waals surface area contributed by atoms with E-state index in [1.807, 2.05) is 18.2 Å². The second kappa shape index (κ2) is 8.28. The third-order valence-electron chi connectivity index (χ3n) is 5.76. The van der Waals surface area contributed by atoms with Crippen LogP contribution in [-0.2, 0) is 11.3 Å². The van der Waals surface area contributed by atoms with Crippen molar-refractivity contribution >= 4 is 33.4 Å². The molecule has 0 spiro atoms. The number of benzene rings is 2. The fourth-order valence-electron chi connectivity index (χ4n) is 3.96.